The van der Waals surface area contributed by atoms with Crippen LogP contribution in [0.2, 0.25) is 0 Å². The summed E-state index contributed by atoms with van der Waals surface area (Å²) in [6.45, 7) is 4.47. The normalized spacial score (nSPS) is 13.4. The molecule has 0 aromatic rings. The Morgan fingerprint density at radius 1 is 0.474 bits per heavy atom. The van der Waals surface area contributed by atoms with E-state index in [4.69, 9.17) is 18.5 Å². The number of carbonyl (C=O) groups is 2. The third-order valence-corrected chi connectivity index (χ3v) is 11.9. The second-order valence-corrected chi connectivity index (χ2v) is 19.3. The highest BCUT2D eigenvalue weighted by Gasteiger charge is 2.27. The molecule has 9 nitrogen and oxygen atoms in total. The van der Waals surface area contributed by atoms with E-state index in [-0.39, 0.29) is 25.6 Å². The number of phosphoric acid groups is 1. The number of nitrogens with zero attached hydrogens (tertiary/aromatic N) is 1. The van der Waals surface area contributed by atoms with Crippen molar-refractivity contribution < 1.29 is 42.1 Å². The summed E-state index contributed by atoms with van der Waals surface area (Å²) in [5.74, 6) is -0.780. The molecule has 0 saturated carbocycles. The van der Waals surface area contributed by atoms with Gasteiger partial charge in [-0.3, -0.25) is 18.6 Å². The number of carbonyl (C=O) groups excluding carboxylic acids is 2. The molecule has 0 rings (SSSR count). The van der Waals surface area contributed by atoms with Gasteiger partial charge < -0.3 is 18.9 Å². The number of phosphoric ester groups is 1. The Labute approximate surface area is 353 Å². The monoisotopic (exact) mass is 833 g/mol. The first kappa shape index (κ1) is 56.0. The second kappa shape index (κ2) is 40.4. The van der Waals surface area contributed by atoms with E-state index in [9.17, 15) is 19.0 Å². The van der Waals surface area contributed by atoms with E-state index in [2.05, 4.69) is 13.8 Å². The van der Waals surface area contributed by atoms with Gasteiger partial charge in [-0.25, -0.2) is 4.57 Å². The minimum atomic E-state index is -4.37. The van der Waals surface area contributed by atoms with E-state index < -0.39 is 26.5 Å². The smallest absolute Gasteiger partial charge is 0.462 e. The molecule has 0 aliphatic heterocycles. The van der Waals surface area contributed by atoms with Gasteiger partial charge in [0.1, 0.15) is 19.8 Å². The average Bonchev–Trinajstić information content (AvgIpc) is 3.16. The van der Waals surface area contributed by atoms with Gasteiger partial charge in [0.05, 0.1) is 27.7 Å². The van der Waals surface area contributed by atoms with E-state index in [1.165, 1.54) is 173 Å². The average molecular weight is 833 g/mol. The first-order chi connectivity index (χ1) is 27.5. The number of hydrogen-bond acceptors (Lipinski definition) is 7. The van der Waals surface area contributed by atoms with Crippen molar-refractivity contribution in [1.29, 1.82) is 0 Å². The number of ether oxygens (including phenoxy) is 2. The van der Waals surface area contributed by atoms with Crippen LogP contribution in [0, 0.1) is 0 Å². The lowest BCUT2D eigenvalue weighted by Gasteiger charge is -2.24. The van der Waals surface area contributed by atoms with Gasteiger partial charge in [0, 0.05) is 12.8 Å². The first-order valence-electron chi connectivity index (χ1n) is 24.3. The van der Waals surface area contributed by atoms with Crippen molar-refractivity contribution in [2.75, 3.05) is 47.5 Å². The van der Waals surface area contributed by atoms with Crippen LogP contribution in [0.4, 0.5) is 0 Å². The van der Waals surface area contributed by atoms with Crippen molar-refractivity contribution in [3.05, 3.63) is 0 Å². The molecule has 57 heavy (non-hydrogen) atoms. The van der Waals surface area contributed by atoms with Crippen LogP contribution in [0.1, 0.15) is 239 Å². The quantitative estimate of drug-likeness (QED) is 0.0280. The van der Waals surface area contributed by atoms with Gasteiger partial charge in [0.25, 0.3) is 0 Å². The molecule has 1 N–H and O–H groups in total. The SMILES string of the molecule is CCCCCCCCCCCCCCCCCCCCCC(=O)OC(COC(=O)CCCCCCCCCCCCCCCC)COP(=O)(O)OCC[N+](C)(C)C. The summed E-state index contributed by atoms with van der Waals surface area (Å²) >= 11 is 0. The van der Waals surface area contributed by atoms with Crippen LogP contribution in [0.15, 0.2) is 0 Å². The molecular weight excluding hydrogens is 737 g/mol. The molecule has 0 aromatic carbocycles. The van der Waals surface area contributed by atoms with Crippen LogP contribution in [0.3, 0.4) is 0 Å². The van der Waals surface area contributed by atoms with Gasteiger partial charge in [-0.05, 0) is 12.8 Å². The van der Waals surface area contributed by atoms with Gasteiger partial charge >= 0.3 is 19.8 Å². The third kappa shape index (κ3) is 44.4. The maximum Gasteiger partial charge on any atom is 0.472 e. The van der Waals surface area contributed by atoms with E-state index in [1.807, 2.05) is 21.1 Å². The molecule has 0 aliphatic rings. The lowest BCUT2D eigenvalue weighted by atomic mass is 10.0. The molecular formula is C47H95NO8P+. The summed E-state index contributed by atoms with van der Waals surface area (Å²) in [4.78, 5) is 35.4. The van der Waals surface area contributed by atoms with Crippen LogP contribution < -0.4 is 0 Å². The Bertz CT molecular complexity index is 943. The number of unbranched alkanes of at least 4 members (excludes halogenated alkanes) is 31. The molecule has 0 amide bonds. The fraction of sp³-hybridized carbons (Fsp3) is 0.957. The van der Waals surface area contributed by atoms with Crippen LogP contribution in [-0.4, -0.2) is 74.9 Å². The summed E-state index contributed by atoms with van der Waals surface area (Å²) in [5, 5.41) is 0. The Morgan fingerprint density at radius 3 is 1.12 bits per heavy atom. The molecule has 10 heteroatoms. The van der Waals surface area contributed by atoms with Crippen molar-refractivity contribution in [3.63, 3.8) is 0 Å². The number of rotatable bonds is 45. The molecule has 0 aromatic heterocycles. The standard InChI is InChI=1S/C47H94NO8P/c1-6-8-10-12-14-16-18-20-22-23-24-25-26-28-30-32-34-36-38-40-47(50)56-45(44-55-57(51,52)54-42-41-48(3,4)5)43-53-46(49)39-37-35-33-31-29-27-21-19-17-15-13-11-9-7-2/h45H,6-44H2,1-5H3/p+1. The predicted molar refractivity (Wildman–Crippen MR) is 238 cm³/mol. The second-order valence-electron chi connectivity index (χ2n) is 17.9. The zero-order valence-corrected chi connectivity index (χ0v) is 39.2. The summed E-state index contributed by atoms with van der Waals surface area (Å²) < 4.78 is 34.4. The van der Waals surface area contributed by atoms with E-state index >= 15 is 0 Å². The lowest BCUT2D eigenvalue weighted by molar-refractivity contribution is -0.870. The van der Waals surface area contributed by atoms with Crippen LogP contribution >= 0.6 is 7.82 Å². The van der Waals surface area contributed by atoms with Crippen LogP contribution in [-0.2, 0) is 32.7 Å². The van der Waals surface area contributed by atoms with Crippen molar-refractivity contribution in [2.24, 2.45) is 0 Å². The molecule has 0 bridgehead atoms. The van der Waals surface area contributed by atoms with Crippen molar-refractivity contribution >= 4 is 19.8 Å². The number of likely N-dealkylation sites (N-methyl/N-ethyl adjacent to an activating group) is 1. The summed E-state index contributed by atoms with van der Waals surface area (Å²) in [6, 6.07) is 0. The molecule has 2 atom stereocenters. The molecule has 340 valence electrons. The van der Waals surface area contributed by atoms with E-state index in [0.717, 1.165) is 38.5 Å². The van der Waals surface area contributed by atoms with Gasteiger partial charge in [0.2, 0.25) is 0 Å². The molecule has 0 radical (unpaired) electrons. The van der Waals surface area contributed by atoms with Crippen LogP contribution in [0.5, 0.6) is 0 Å². The number of esters is 2. The molecule has 0 spiro atoms. The highest BCUT2D eigenvalue weighted by Crippen LogP contribution is 2.43. The van der Waals surface area contributed by atoms with Gasteiger partial charge in [-0.2, -0.15) is 0 Å². The number of quaternary nitrogens is 1. The maximum absolute atomic E-state index is 12.7. The zero-order chi connectivity index (χ0) is 42.1. The van der Waals surface area contributed by atoms with Crippen molar-refractivity contribution in [1.82, 2.24) is 0 Å². The molecule has 0 heterocycles. The Balaban J connectivity index is 4.23. The minimum Gasteiger partial charge on any atom is -0.462 e. The van der Waals surface area contributed by atoms with E-state index in [0.29, 0.717) is 17.4 Å². The molecule has 0 fully saturated rings. The maximum atomic E-state index is 12.7. The summed E-state index contributed by atoms with van der Waals surface area (Å²) in [5.41, 5.74) is 0. The molecule has 2 unspecified atom stereocenters. The first-order valence-corrected chi connectivity index (χ1v) is 25.8. The Kier molecular flexibility index (Phi) is 39.7. The Morgan fingerprint density at radius 2 is 0.789 bits per heavy atom. The molecule has 0 aliphatic carbocycles. The van der Waals surface area contributed by atoms with Crippen LogP contribution in [0.25, 0.3) is 0 Å². The van der Waals surface area contributed by atoms with Gasteiger partial charge in [-0.1, -0.05) is 213 Å². The summed E-state index contributed by atoms with van der Waals surface area (Å²) in [7, 11) is 1.50. The van der Waals surface area contributed by atoms with E-state index in [1.54, 1.807) is 0 Å². The minimum absolute atomic E-state index is 0.0370. The number of hydrogen-bond donors (Lipinski definition) is 1. The van der Waals surface area contributed by atoms with Crippen molar-refractivity contribution in [3.8, 4) is 0 Å². The zero-order valence-electron chi connectivity index (χ0n) is 38.4. The third-order valence-electron chi connectivity index (χ3n) is 10.9. The molecule has 0 saturated heterocycles. The Hall–Kier alpha value is -0.990. The van der Waals surface area contributed by atoms with Gasteiger partial charge in [0.15, 0.2) is 6.10 Å². The fourth-order valence-electron chi connectivity index (χ4n) is 7.08. The highest BCUT2D eigenvalue weighted by molar-refractivity contribution is 7.47. The predicted octanol–water partition coefficient (Wildman–Crippen LogP) is 14.0. The topological polar surface area (TPSA) is 108 Å². The lowest BCUT2D eigenvalue weighted by Crippen LogP contribution is -2.37. The van der Waals surface area contributed by atoms with Gasteiger partial charge in [-0.15, -0.1) is 0 Å². The van der Waals surface area contributed by atoms with Crippen molar-refractivity contribution in [2.45, 2.75) is 245 Å². The highest BCUT2D eigenvalue weighted by atomic mass is 31.2. The summed E-state index contributed by atoms with van der Waals surface area (Å²) in [6.07, 6.45) is 41.4. The fourth-order valence-corrected chi connectivity index (χ4v) is 7.82. The largest absolute Gasteiger partial charge is 0.472 e.